The molecule has 7 heteroatoms. The molecule has 1 saturated heterocycles. The van der Waals surface area contributed by atoms with Crippen molar-refractivity contribution in [1.82, 2.24) is 9.62 Å². The van der Waals surface area contributed by atoms with Crippen molar-refractivity contribution < 1.29 is 13.2 Å². The Kier molecular flexibility index (Phi) is 5.17. The maximum absolute atomic E-state index is 12.1. The number of halogens is 1. The number of benzene rings is 1. The second kappa shape index (κ2) is 6.69. The van der Waals surface area contributed by atoms with Crippen LogP contribution in [0, 0.1) is 0 Å². The average Bonchev–Trinajstić information content (AvgIpc) is 2.46. The van der Waals surface area contributed by atoms with Gasteiger partial charge in [-0.1, -0.05) is 22.0 Å². The van der Waals surface area contributed by atoms with Gasteiger partial charge in [0.2, 0.25) is 15.9 Å². The van der Waals surface area contributed by atoms with Gasteiger partial charge in [0.1, 0.15) is 0 Å². The molecule has 110 valence electrons. The number of carbonyl (C=O) groups is 1. The molecular formula is C13H17BrN2O3S. The summed E-state index contributed by atoms with van der Waals surface area (Å²) in [6.45, 7) is 1.25. The zero-order valence-corrected chi connectivity index (χ0v) is 13.4. The molecule has 1 N–H and O–H groups in total. The Morgan fingerprint density at radius 1 is 1.25 bits per heavy atom. The first-order valence-corrected chi connectivity index (χ1v) is 8.80. The molecule has 1 aliphatic heterocycles. The van der Waals surface area contributed by atoms with Crippen molar-refractivity contribution in [3.05, 3.63) is 28.7 Å². The quantitative estimate of drug-likeness (QED) is 0.889. The van der Waals surface area contributed by atoms with Crippen molar-refractivity contribution in [1.29, 1.82) is 0 Å². The third kappa shape index (κ3) is 4.04. The van der Waals surface area contributed by atoms with Crippen LogP contribution in [0.15, 0.2) is 33.6 Å². The summed E-state index contributed by atoms with van der Waals surface area (Å²) in [4.78, 5) is 13.8. The molecule has 20 heavy (non-hydrogen) atoms. The largest absolute Gasteiger partial charge is 0.342 e. The van der Waals surface area contributed by atoms with Gasteiger partial charge in [-0.3, -0.25) is 4.79 Å². The normalized spacial score (nSPS) is 16.1. The molecule has 0 bridgehead atoms. The molecule has 0 atom stereocenters. The lowest BCUT2D eigenvalue weighted by molar-refractivity contribution is -0.130. The molecule has 0 saturated carbocycles. The van der Waals surface area contributed by atoms with Crippen LogP contribution < -0.4 is 4.72 Å². The minimum atomic E-state index is -3.64. The molecule has 1 heterocycles. The standard InChI is InChI=1S/C13H17BrN2O3S/c14-11-5-4-6-12(9-11)20(18,19)15-10-13(17)16-7-2-1-3-8-16/h4-6,9,15H,1-3,7-8,10H2. The zero-order valence-electron chi connectivity index (χ0n) is 11.0. The predicted octanol–water partition coefficient (Wildman–Crippen LogP) is 1.74. The molecule has 0 radical (unpaired) electrons. The highest BCUT2D eigenvalue weighted by Gasteiger charge is 2.20. The second-order valence-electron chi connectivity index (χ2n) is 4.72. The monoisotopic (exact) mass is 360 g/mol. The number of rotatable bonds is 4. The molecular weight excluding hydrogens is 344 g/mol. The molecule has 0 aliphatic carbocycles. The summed E-state index contributed by atoms with van der Waals surface area (Å²) in [6.07, 6.45) is 3.11. The van der Waals surface area contributed by atoms with Gasteiger partial charge in [0.05, 0.1) is 11.4 Å². The third-order valence-corrected chi connectivity index (χ3v) is 5.12. The van der Waals surface area contributed by atoms with Gasteiger partial charge < -0.3 is 4.90 Å². The molecule has 1 aromatic carbocycles. The van der Waals surface area contributed by atoms with E-state index in [0.717, 1.165) is 32.4 Å². The van der Waals surface area contributed by atoms with Crippen molar-refractivity contribution >= 4 is 31.9 Å². The number of hydrogen-bond acceptors (Lipinski definition) is 3. The average molecular weight is 361 g/mol. The smallest absolute Gasteiger partial charge is 0.241 e. The maximum atomic E-state index is 12.1. The van der Waals surface area contributed by atoms with Crippen molar-refractivity contribution in [2.75, 3.05) is 19.6 Å². The van der Waals surface area contributed by atoms with E-state index >= 15 is 0 Å². The zero-order chi connectivity index (χ0) is 14.6. The van der Waals surface area contributed by atoms with Crippen molar-refractivity contribution in [3.8, 4) is 0 Å². The minimum Gasteiger partial charge on any atom is -0.342 e. The second-order valence-corrected chi connectivity index (χ2v) is 7.41. The van der Waals surface area contributed by atoms with Gasteiger partial charge in [-0.25, -0.2) is 13.1 Å². The summed E-state index contributed by atoms with van der Waals surface area (Å²) >= 11 is 3.23. The SMILES string of the molecule is O=C(CNS(=O)(=O)c1cccc(Br)c1)N1CCCCC1. The number of carbonyl (C=O) groups excluding carboxylic acids is 1. The maximum Gasteiger partial charge on any atom is 0.241 e. The van der Waals surface area contributed by atoms with Crippen LogP contribution in [0.4, 0.5) is 0 Å². The van der Waals surface area contributed by atoms with Crippen LogP contribution in [0.1, 0.15) is 19.3 Å². The van der Waals surface area contributed by atoms with Crippen LogP contribution in [0.25, 0.3) is 0 Å². The number of piperidine rings is 1. The molecule has 0 aromatic heterocycles. The molecule has 1 fully saturated rings. The van der Waals surface area contributed by atoms with E-state index in [4.69, 9.17) is 0 Å². The van der Waals surface area contributed by atoms with E-state index in [2.05, 4.69) is 20.7 Å². The Balaban J connectivity index is 1.97. The number of hydrogen-bond donors (Lipinski definition) is 1. The third-order valence-electron chi connectivity index (χ3n) is 3.23. The fourth-order valence-electron chi connectivity index (χ4n) is 2.13. The van der Waals surface area contributed by atoms with E-state index in [9.17, 15) is 13.2 Å². The molecule has 0 spiro atoms. The van der Waals surface area contributed by atoms with E-state index in [1.165, 1.54) is 12.1 Å². The number of nitrogens with zero attached hydrogens (tertiary/aromatic N) is 1. The Morgan fingerprint density at radius 3 is 2.60 bits per heavy atom. The van der Waals surface area contributed by atoms with Gasteiger partial charge >= 0.3 is 0 Å². The first-order valence-electron chi connectivity index (χ1n) is 6.52. The minimum absolute atomic E-state index is 0.151. The number of sulfonamides is 1. The predicted molar refractivity (Wildman–Crippen MR) is 79.8 cm³/mol. The first kappa shape index (κ1) is 15.5. The Hall–Kier alpha value is -0.920. The highest BCUT2D eigenvalue weighted by atomic mass is 79.9. The summed E-state index contributed by atoms with van der Waals surface area (Å²) < 4.78 is 27.2. The lowest BCUT2D eigenvalue weighted by Crippen LogP contribution is -2.42. The van der Waals surface area contributed by atoms with Crippen molar-refractivity contribution in [2.24, 2.45) is 0 Å². The van der Waals surface area contributed by atoms with E-state index in [1.54, 1.807) is 17.0 Å². The fraction of sp³-hybridized carbons (Fsp3) is 0.462. The van der Waals surface area contributed by atoms with E-state index in [0.29, 0.717) is 4.47 Å². The van der Waals surface area contributed by atoms with Crippen LogP contribution in [0.5, 0.6) is 0 Å². The van der Waals surface area contributed by atoms with Crippen molar-refractivity contribution in [2.45, 2.75) is 24.2 Å². The summed E-state index contributed by atoms with van der Waals surface area (Å²) in [5.74, 6) is -0.164. The number of likely N-dealkylation sites (tertiary alicyclic amines) is 1. The van der Waals surface area contributed by atoms with Gasteiger partial charge in [0.25, 0.3) is 0 Å². The summed E-state index contributed by atoms with van der Waals surface area (Å²) in [6, 6.07) is 6.40. The lowest BCUT2D eigenvalue weighted by Gasteiger charge is -2.26. The molecule has 1 aromatic rings. The molecule has 1 amide bonds. The molecule has 0 unspecified atom stereocenters. The highest BCUT2D eigenvalue weighted by Crippen LogP contribution is 2.16. The highest BCUT2D eigenvalue weighted by molar-refractivity contribution is 9.10. The lowest BCUT2D eigenvalue weighted by atomic mass is 10.1. The van der Waals surface area contributed by atoms with E-state index < -0.39 is 10.0 Å². The Morgan fingerprint density at radius 2 is 1.95 bits per heavy atom. The van der Waals surface area contributed by atoms with Crippen LogP contribution in [0.3, 0.4) is 0 Å². The first-order chi connectivity index (χ1) is 9.49. The number of nitrogens with one attached hydrogen (secondary N) is 1. The van der Waals surface area contributed by atoms with Crippen LogP contribution >= 0.6 is 15.9 Å². The van der Waals surface area contributed by atoms with Crippen LogP contribution in [-0.4, -0.2) is 38.9 Å². The Labute approximate surface area is 127 Å². The van der Waals surface area contributed by atoms with Gasteiger partial charge in [-0.05, 0) is 37.5 Å². The van der Waals surface area contributed by atoms with Gasteiger partial charge in [-0.15, -0.1) is 0 Å². The molecule has 2 rings (SSSR count). The van der Waals surface area contributed by atoms with Gasteiger partial charge in [0, 0.05) is 17.6 Å². The van der Waals surface area contributed by atoms with Gasteiger partial charge in [0.15, 0.2) is 0 Å². The Bertz CT molecular complexity index is 583. The van der Waals surface area contributed by atoms with E-state index in [1.807, 2.05) is 0 Å². The summed E-state index contributed by atoms with van der Waals surface area (Å²) in [5, 5.41) is 0. The topological polar surface area (TPSA) is 66.5 Å². The number of amides is 1. The summed E-state index contributed by atoms with van der Waals surface area (Å²) in [5.41, 5.74) is 0. The molecule has 1 aliphatic rings. The van der Waals surface area contributed by atoms with Crippen LogP contribution in [0.2, 0.25) is 0 Å². The summed E-state index contributed by atoms with van der Waals surface area (Å²) in [7, 11) is -3.64. The fourth-order valence-corrected chi connectivity index (χ4v) is 3.70. The van der Waals surface area contributed by atoms with Gasteiger partial charge in [-0.2, -0.15) is 0 Å². The van der Waals surface area contributed by atoms with E-state index in [-0.39, 0.29) is 17.3 Å². The van der Waals surface area contributed by atoms with Crippen molar-refractivity contribution in [3.63, 3.8) is 0 Å². The molecule has 5 nitrogen and oxygen atoms in total. The van der Waals surface area contributed by atoms with Crippen LogP contribution in [-0.2, 0) is 14.8 Å².